The van der Waals surface area contributed by atoms with Gasteiger partial charge in [-0.1, -0.05) is 17.8 Å². The Labute approximate surface area is 154 Å². The Hall–Kier alpha value is -2.74. The van der Waals surface area contributed by atoms with Crippen LogP contribution in [0, 0.1) is 5.82 Å². The summed E-state index contributed by atoms with van der Waals surface area (Å²) in [6.07, 6.45) is 0. The number of aromatic nitrogens is 4. The summed E-state index contributed by atoms with van der Waals surface area (Å²) >= 11 is 1.22. The number of rotatable bonds is 7. The molecule has 2 aromatic carbocycles. The van der Waals surface area contributed by atoms with E-state index in [9.17, 15) is 9.18 Å². The van der Waals surface area contributed by atoms with Crippen molar-refractivity contribution in [3.05, 3.63) is 59.9 Å². The molecular formula is C18H17FN4O2S. The van der Waals surface area contributed by atoms with E-state index in [1.54, 1.807) is 43.3 Å². The van der Waals surface area contributed by atoms with Gasteiger partial charge in [0.1, 0.15) is 11.6 Å². The van der Waals surface area contributed by atoms with Gasteiger partial charge in [-0.2, -0.15) is 4.68 Å². The SMILES string of the molecule is CCOc1ccc(C(=O)[C@@H](C)Sc2nnnn2-c2cccc(F)c2)cc1. The lowest BCUT2D eigenvalue weighted by Gasteiger charge is -2.11. The van der Waals surface area contributed by atoms with E-state index in [1.807, 2.05) is 6.92 Å². The van der Waals surface area contributed by atoms with Crippen LogP contribution in [0.4, 0.5) is 4.39 Å². The first-order chi connectivity index (χ1) is 12.6. The summed E-state index contributed by atoms with van der Waals surface area (Å²) in [5.74, 6) is 0.290. The van der Waals surface area contributed by atoms with E-state index in [2.05, 4.69) is 15.5 Å². The lowest BCUT2D eigenvalue weighted by atomic mass is 10.1. The highest BCUT2D eigenvalue weighted by Crippen LogP contribution is 2.26. The minimum Gasteiger partial charge on any atom is -0.494 e. The molecule has 1 heterocycles. The fraction of sp³-hybridized carbons (Fsp3) is 0.222. The largest absolute Gasteiger partial charge is 0.494 e. The highest BCUT2D eigenvalue weighted by Gasteiger charge is 2.20. The number of benzene rings is 2. The van der Waals surface area contributed by atoms with Crippen LogP contribution in [0.2, 0.25) is 0 Å². The summed E-state index contributed by atoms with van der Waals surface area (Å²) in [5.41, 5.74) is 1.08. The third-order valence-electron chi connectivity index (χ3n) is 3.59. The highest BCUT2D eigenvalue weighted by atomic mass is 32.2. The summed E-state index contributed by atoms with van der Waals surface area (Å²) in [4.78, 5) is 12.6. The molecule has 0 spiro atoms. The minimum absolute atomic E-state index is 0.0492. The molecule has 0 saturated heterocycles. The van der Waals surface area contributed by atoms with Crippen molar-refractivity contribution in [3.8, 4) is 11.4 Å². The van der Waals surface area contributed by atoms with Gasteiger partial charge in [0.25, 0.3) is 0 Å². The molecule has 8 heteroatoms. The zero-order valence-corrected chi connectivity index (χ0v) is 15.1. The zero-order valence-electron chi connectivity index (χ0n) is 14.3. The minimum atomic E-state index is -0.411. The Kier molecular flexibility index (Phi) is 5.62. The second-order valence-electron chi connectivity index (χ2n) is 5.43. The number of Topliss-reactive ketones (excluding diaryl/α,β-unsaturated/α-hetero) is 1. The lowest BCUT2D eigenvalue weighted by Crippen LogP contribution is -2.14. The van der Waals surface area contributed by atoms with Crippen molar-refractivity contribution in [2.24, 2.45) is 0 Å². The number of nitrogens with zero attached hydrogens (tertiary/aromatic N) is 4. The van der Waals surface area contributed by atoms with E-state index in [1.165, 1.54) is 28.6 Å². The molecule has 0 aliphatic carbocycles. The maximum atomic E-state index is 13.4. The highest BCUT2D eigenvalue weighted by molar-refractivity contribution is 8.00. The van der Waals surface area contributed by atoms with Crippen LogP contribution >= 0.6 is 11.8 Å². The smallest absolute Gasteiger partial charge is 0.214 e. The van der Waals surface area contributed by atoms with Crippen molar-refractivity contribution in [1.29, 1.82) is 0 Å². The second kappa shape index (κ2) is 8.09. The monoisotopic (exact) mass is 372 g/mol. The summed E-state index contributed by atoms with van der Waals surface area (Å²) in [5, 5.41) is 11.5. The first-order valence-electron chi connectivity index (χ1n) is 8.06. The zero-order chi connectivity index (χ0) is 18.5. The standard InChI is InChI=1S/C18H17FN4O2S/c1-3-25-16-9-7-13(8-10-16)17(24)12(2)26-18-20-21-22-23(18)15-6-4-5-14(19)11-15/h4-12H,3H2,1-2H3/t12-/m1/s1. The maximum absolute atomic E-state index is 13.4. The lowest BCUT2D eigenvalue weighted by molar-refractivity contribution is 0.0994. The molecule has 134 valence electrons. The van der Waals surface area contributed by atoms with Crippen molar-refractivity contribution in [2.75, 3.05) is 6.61 Å². The average molecular weight is 372 g/mol. The van der Waals surface area contributed by atoms with Crippen LogP contribution in [-0.2, 0) is 0 Å². The number of thioether (sulfide) groups is 1. The third-order valence-corrected chi connectivity index (χ3v) is 4.63. The number of carbonyl (C=O) groups excluding carboxylic acids is 1. The van der Waals surface area contributed by atoms with Gasteiger partial charge in [-0.05, 0) is 66.7 Å². The van der Waals surface area contributed by atoms with Crippen molar-refractivity contribution in [1.82, 2.24) is 20.2 Å². The molecule has 6 nitrogen and oxygen atoms in total. The average Bonchev–Trinajstić information content (AvgIpc) is 3.10. The summed E-state index contributed by atoms with van der Waals surface area (Å²) < 4.78 is 20.2. The molecule has 3 rings (SSSR count). The topological polar surface area (TPSA) is 69.9 Å². The van der Waals surface area contributed by atoms with Crippen molar-refractivity contribution < 1.29 is 13.9 Å². The van der Waals surface area contributed by atoms with E-state index in [-0.39, 0.29) is 11.6 Å². The maximum Gasteiger partial charge on any atom is 0.214 e. The fourth-order valence-corrected chi connectivity index (χ4v) is 3.24. The van der Waals surface area contributed by atoms with Gasteiger partial charge >= 0.3 is 0 Å². The number of ketones is 1. The number of halogens is 1. The van der Waals surface area contributed by atoms with Gasteiger partial charge in [-0.3, -0.25) is 4.79 Å². The van der Waals surface area contributed by atoms with E-state index < -0.39 is 5.25 Å². The Morgan fingerprint density at radius 1 is 1.27 bits per heavy atom. The fourth-order valence-electron chi connectivity index (χ4n) is 2.35. The van der Waals surface area contributed by atoms with Crippen molar-refractivity contribution in [2.45, 2.75) is 24.3 Å². The molecular weight excluding hydrogens is 355 g/mol. The predicted octanol–water partition coefficient (Wildman–Crippen LogP) is 3.56. The van der Waals surface area contributed by atoms with Gasteiger partial charge in [0.2, 0.25) is 5.16 Å². The van der Waals surface area contributed by atoms with Crippen LogP contribution in [0.25, 0.3) is 5.69 Å². The van der Waals surface area contributed by atoms with Crippen molar-refractivity contribution in [3.63, 3.8) is 0 Å². The molecule has 0 aliphatic rings. The number of tetrazole rings is 1. The quantitative estimate of drug-likeness (QED) is 0.466. The Morgan fingerprint density at radius 3 is 2.73 bits per heavy atom. The van der Waals surface area contributed by atoms with E-state index in [0.29, 0.717) is 23.0 Å². The first-order valence-corrected chi connectivity index (χ1v) is 8.94. The van der Waals surface area contributed by atoms with Gasteiger partial charge in [-0.15, -0.1) is 5.10 Å². The van der Waals surface area contributed by atoms with Crippen LogP contribution in [0.5, 0.6) is 5.75 Å². The molecule has 26 heavy (non-hydrogen) atoms. The molecule has 0 radical (unpaired) electrons. The molecule has 0 fully saturated rings. The number of carbonyl (C=O) groups is 1. The molecule has 1 aromatic heterocycles. The third kappa shape index (κ3) is 4.08. The summed E-state index contributed by atoms with van der Waals surface area (Å²) in [6, 6.07) is 13.0. The van der Waals surface area contributed by atoms with Crippen LogP contribution in [0.1, 0.15) is 24.2 Å². The van der Waals surface area contributed by atoms with E-state index in [4.69, 9.17) is 4.74 Å². The Bertz CT molecular complexity index is 898. The molecule has 0 N–H and O–H groups in total. The normalized spacial score (nSPS) is 12.0. The molecule has 0 saturated carbocycles. The van der Waals surface area contributed by atoms with Crippen LogP contribution in [-0.4, -0.2) is 37.8 Å². The van der Waals surface area contributed by atoms with Crippen LogP contribution < -0.4 is 4.74 Å². The molecule has 0 aliphatic heterocycles. The molecule has 3 aromatic rings. The van der Waals surface area contributed by atoms with Crippen LogP contribution in [0.3, 0.4) is 0 Å². The molecule has 0 amide bonds. The Morgan fingerprint density at radius 2 is 2.04 bits per heavy atom. The number of hydrogen-bond donors (Lipinski definition) is 0. The number of hydrogen-bond acceptors (Lipinski definition) is 6. The summed E-state index contributed by atoms with van der Waals surface area (Å²) in [7, 11) is 0. The number of ether oxygens (including phenoxy) is 1. The van der Waals surface area contributed by atoms with Gasteiger partial charge < -0.3 is 4.74 Å². The van der Waals surface area contributed by atoms with Gasteiger partial charge in [-0.25, -0.2) is 4.39 Å². The molecule has 0 bridgehead atoms. The predicted molar refractivity (Wildman–Crippen MR) is 96.4 cm³/mol. The van der Waals surface area contributed by atoms with Gasteiger partial charge in [0, 0.05) is 5.56 Å². The van der Waals surface area contributed by atoms with E-state index in [0.717, 1.165) is 5.75 Å². The second-order valence-corrected chi connectivity index (χ2v) is 6.74. The van der Waals surface area contributed by atoms with Crippen molar-refractivity contribution >= 4 is 17.5 Å². The van der Waals surface area contributed by atoms with Crippen LogP contribution in [0.15, 0.2) is 53.7 Å². The molecule has 0 unspecified atom stereocenters. The summed E-state index contributed by atoms with van der Waals surface area (Å²) in [6.45, 7) is 4.26. The van der Waals surface area contributed by atoms with E-state index >= 15 is 0 Å². The van der Waals surface area contributed by atoms with Gasteiger partial charge in [0.05, 0.1) is 17.5 Å². The molecule has 1 atom stereocenters. The van der Waals surface area contributed by atoms with Gasteiger partial charge in [0.15, 0.2) is 5.78 Å². The Balaban J connectivity index is 1.75. The first kappa shape index (κ1) is 18.1.